The average molecular weight is 440 g/mol. The number of hydrogen-bond acceptors (Lipinski definition) is 5. The molecule has 1 aliphatic heterocycles. The Balaban J connectivity index is 1.72. The van der Waals surface area contributed by atoms with Crippen LogP contribution in [0.25, 0.3) is 11.3 Å². The largest absolute Gasteiger partial charge is 0.493 e. The number of ether oxygens (including phenoxy) is 2. The van der Waals surface area contributed by atoms with Crippen LogP contribution in [0.1, 0.15) is 59.4 Å². The molecule has 0 saturated carbocycles. The molecule has 0 aliphatic carbocycles. The first-order valence-corrected chi connectivity index (χ1v) is 11.6. The molecule has 0 spiro atoms. The number of piperazine rings is 1. The Morgan fingerprint density at radius 1 is 1.09 bits per heavy atom. The highest BCUT2D eigenvalue weighted by Gasteiger charge is 2.26. The van der Waals surface area contributed by atoms with Gasteiger partial charge in [-0.25, -0.2) is 9.78 Å². The van der Waals surface area contributed by atoms with Crippen LogP contribution in [0.3, 0.4) is 0 Å². The second-order valence-electron chi connectivity index (χ2n) is 9.59. The van der Waals surface area contributed by atoms with Gasteiger partial charge in [-0.3, -0.25) is 0 Å². The smallest absolute Gasteiger partial charge is 0.410 e. The Hall–Kier alpha value is -2.76. The summed E-state index contributed by atoms with van der Waals surface area (Å²) in [6, 6.07) is 12.5. The number of amides is 1. The standard InChI is InChI=1S/C26H37N3O3/c1-7-17-31-23-12-11-20(18-21(23)19(2)3)22-9-8-10-24(27-22)28-13-15-29(16-14-28)25(30)32-26(4,5)6/h8-12,18-19H,7,13-17H2,1-6H3. The minimum absolute atomic E-state index is 0.245. The maximum atomic E-state index is 12.3. The van der Waals surface area contributed by atoms with E-state index in [2.05, 4.69) is 49.9 Å². The van der Waals surface area contributed by atoms with Crippen molar-refractivity contribution in [3.63, 3.8) is 0 Å². The van der Waals surface area contributed by atoms with Crippen molar-refractivity contribution in [3.05, 3.63) is 42.0 Å². The number of carbonyl (C=O) groups excluding carboxylic acids is 1. The van der Waals surface area contributed by atoms with Gasteiger partial charge in [0.1, 0.15) is 17.2 Å². The summed E-state index contributed by atoms with van der Waals surface area (Å²) in [7, 11) is 0. The van der Waals surface area contributed by atoms with Crippen molar-refractivity contribution < 1.29 is 14.3 Å². The van der Waals surface area contributed by atoms with Crippen molar-refractivity contribution in [2.24, 2.45) is 0 Å². The molecule has 1 saturated heterocycles. The normalized spacial score (nSPS) is 14.6. The molecule has 1 amide bonds. The number of anilines is 1. The molecule has 6 heteroatoms. The van der Waals surface area contributed by atoms with Gasteiger partial charge < -0.3 is 19.3 Å². The summed E-state index contributed by atoms with van der Waals surface area (Å²) in [5.41, 5.74) is 2.76. The molecule has 0 atom stereocenters. The topological polar surface area (TPSA) is 54.9 Å². The third-order valence-electron chi connectivity index (χ3n) is 5.38. The number of carbonyl (C=O) groups is 1. The molecule has 0 N–H and O–H groups in total. The first-order valence-electron chi connectivity index (χ1n) is 11.6. The van der Waals surface area contributed by atoms with E-state index in [0.29, 0.717) is 19.0 Å². The zero-order valence-electron chi connectivity index (χ0n) is 20.4. The summed E-state index contributed by atoms with van der Waals surface area (Å²) < 4.78 is 11.4. The maximum Gasteiger partial charge on any atom is 0.410 e. The highest BCUT2D eigenvalue weighted by atomic mass is 16.6. The fourth-order valence-corrected chi connectivity index (χ4v) is 3.71. The molecule has 0 bridgehead atoms. The Morgan fingerprint density at radius 2 is 1.81 bits per heavy atom. The van der Waals surface area contributed by atoms with Gasteiger partial charge in [-0.15, -0.1) is 0 Å². The molecule has 1 aromatic carbocycles. The van der Waals surface area contributed by atoms with E-state index in [4.69, 9.17) is 14.5 Å². The maximum absolute atomic E-state index is 12.3. The number of rotatable bonds is 6. The molecule has 1 fully saturated rings. The lowest BCUT2D eigenvalue weighted by atomic mass is 9.98. The summed E-state index contributed by atoms with van der Waals surface area (Å²) in [5, 5.41) is 0. The Bertz CT molecular complexity index is 913. The van der Waals surface area contributed by atoms with E-state index in [0.717, 1.165) is 48.9 Å². The van der Waals surface area contributed by atoms with Crippen LogP contribution in [0.2, 0.25) is 0 Å². The first-order chi connectivity index (χ1) is 15.2. The van der Waals surface area contributed by atoms with Gasteiger partial charge in [0.05, 0.1) is 12.3 Å². The summed E-state index contributed by atoms with van der Waals surface area (Å²) in [5.74, 6) is 2.26. The van der Waals surface area contributed by atoms with Gasteiger partial charge in [-0.2, -0.15) is 0 Å². The van der Waals surface area contributed by atoms with Crippen molar-refractivity contribution >= 4 is 11.9 Å². The van der Waals surface area contributed by atoms with Crippen molar-refractivity contribution in [3.8, 4) is 17.0 Å². The van der Waals surface area contributed by atoms with Gasteiger partial charge >= 0.3 is 6.09 Å². The molecule has 2 aromatic rings. The van der Waals surface area contributed by atoms with Gasteiger partial charge in [0.2, 0.25) is 0 Å². The van der Waals surface area contributed by atoms with Gasteiger partial charge in [-0.1, -0.05) is 26.8 Å². The van der Waals surface area contributed by atoms with Crippen molar-refractivity contribution in [2.75, 3.05) is 37.7 Å². The van der Waals surface area contributed by atoms with Crippen LogP contribution < -0.4 is 9.64 Å². The van der Waals surface area contributed by atoms with Crippen LogP contribution in [0.4, 0.5) is 10.6 Å². The lowest BCUT2D eigenvalue weighted by Crippen LogP contribution is -2.50. The fourth-order valence-electron chi connectivity index (χ4n) is 3.71. The second kappa shape index (κ2) is 10.2. The van der Waals surface area contributed by atoms with E-state index in [1.807, 2.05) is 32.9 Å². The summed E-state index contributed by atoms with van der Waals surface area (Å²) in [6.45, 7) is 15.6. The highest BCUT2D eigenvalue weighted by molar-refractivity contribution is 5.69. The Morgan fingerprint density at radius 3 is 2.44 bits per heavy atom. The monoisotopic (exact) mass is 439 g/mol. The van der Waals surface area contributed by atoms with E-state index in [-0.39, 0.29) is 6.09 Å². The minimum Gasteiger partial charge on any atom is -0.493 e. The fraction of sp³-hybridized carbons (Fsp3) is 0.538. The number of pyridine rings is 1. The molecule has 6 nitrogen and oxygen atoms in total. The van der Waals surface area contributed by atoms with Crippen LogP contribution in [0.15, 0.2) is 36.4 Å². The molecule has 174 valence electrons. The second-order valence-corrected chi connectivity index (χ2v) is 9.59. The summed E-state index contributed by atoms with van der Waals surface area (Å²) in [4.78, 5) is 21.3. The predicted octanol–water partition coefficient (Wildman–Crippen LogP) is 5.72. The molecule has 0 unspecified atom stereocenters. The minimum atomic E-state index is -0.476. The average Bonchev–Trinajstić information content (AvgIpc) is 2.76. The van der Waals surface area contributed by atoms with E-state index in [1.165, 1.54) is 5.56 Å². The molecule has 32 heavy (non-hydrogen) atoms. The molecular formula is C26H37N3O3. The Kier molecular flexibility index (Phi) is 7.64. The van der Waals surface area contributed by atoms with E-state index >= 15 is 0 Å². The van der Waals surface area contributed by atoms with Crippen molar-refractivity contribution in [2.45, 2.75) is 59.5 Å². The van der Waals surface area contributed by atoms with Crippen molar-refractivity contribution in [1.82, 2.24) is 9.88 Å². The van der Waals surface area contributed by atoms with Gasteiger partial charge in [0.25, 0.3) is 0 Å². The zero-order valence-corrected chi connectivity index (χ0v) is 20.4. The number of benzene rings is 1. The Labute approximate surface area is 192 Å². The van der Waals surface area contributed by atoms with Gasteiger partial charge in [0, 0.05) is 31.7 Å². The SMILES string of the molecule is CCCOc1ccc(-c2cccc(N3CCN(C(=O)OC(C)(C)C)CC3)n2)cc1C(C)C. The van der Waals surface area contributed by atoms with Crippen LogP contribution in [0, 0.1) is 0 Å². The van der Waals surface area contributed by atoms with E-state index < -0.39 is 5.60 Å². The van der Waals surface area contributed by atoms with Gasteiger partial charge in [-0.05, 0) is 69.0 Å². The third kappa shape index (κ3) is 6.15. The zero-order chi connectivity index (χ0) is 23.3. The lowest BCUT2D eigenvalue weighted by molar-refractivity contribution is 0.0240. The predicted molar refractivity (Wildman–Crippen MR) is 130 cm³/mol. The number of nitrogens with zero attached hydrogens (tertiary/aromatic N) is 3. The van der Waals surface area contributed by atoms with Crippen molar-refractivity contribution in [1.29, 1.82) is 0 Å². The van der Waals surface area contributed by atoms with Crippen LogP contribution >= 0.6 is 0 Å². The molecule has 0 radical (unpaired) electrons. The van der Waals surface area contributed by atoms with Crippen LogP contribution in [0.5, 0.6) is 5.75 Å². The van der Waals surface area contributed by atoms with E-state index in [9.17, 15) is 4.79 Å². The molecule has 1 aliphatic rings. The van der Waals surface area contributed by atoms with Gasteiger partial charge in [0.15, 0.2) is 0 Å². The summed E-state index contributed by atoms with van der Waals surface area (Å²) in [6.07, 6.45) is 0.745. The van der Waals surface area contributed by atoms with Crippen LogP contribution in [-0.4, -0.2) is 54.4 Å². The molecule has 1 aromatic heterocycles. The first kappa shape index (κ1) is 23.9. The quantitative estimate of drug-likeness (QED) is 0.576. The highest BCUT2D eigenvalue weighted by Crippen LogP contribution is 2.32. The lowest BCUT2D eigenvalue weighted by Gasteiger charge is -2.36. The molecule has 2 heterocycles. The van der Waals surface area contributed by atoms with E-state index in [1.54, 1.807) is 4.90 Å². The molecule has 3 rings (SSSR count). The number of aromatic nitrogens is 1. The number of hydrogen-bond donors (Lipinski definition) is 0. The summed E-state index contributed by atoms with van der Waals surface area (Å²) >= 11 is 0. The third-order valence-corrected chi connectivity index (χ3v) is 5.38. The molecular weight excluding hydrogens is 402 g/mol. The van der Waals surface area contributed by atoms with Crippen LogP contribution in [-0.2, 0) is 4.74 Å².